The molecule has 1 N–H and O–H groups in total. The Morgan fingerprint density at radius 3 is 2.62 bits per heavy atom. The lowest BCUT2D eigenvalue weighted by Gasteiger charge is -2.33. The van der Waals surface area contributed by atoms with Gasteiger partial charge in [-0.15, -0.1) is 24.8 Å². The van der Waals surface area contributed by atoms with Crippen molar-refractivity contribution < 1.29 is 9.53 Å². The van der Waals surface area contributed by atoms with Gasteiger partial charge in [-0.3, -0.25) is 9.78 Å². The number of benzene rings is 1. The van der Waals surface area contributed by atoms with Gasteiger partial charge in [-0.05, 0) is 75.5 Å². The third-order valence-corrected chi connectivity index (χ3v) is 5.11. The van der Waals surface area contributed by atoms with E-state index < -0.39 is 0 Å². The van der Waals surface area contributed by atoms with E-state index >= 15 is 0 Å². The second-order valence-corrected chi connectivity index (χ2v) is 7.41. The molecule has 0 aliphatic carbocycles. The molecule has 1 aliphatic rings. The van der Waals surface area contributed by atoms with Crippen molar-refractivity contribution in [1.29, 1.82) is 0 Å². The first-order chi connectivity index (χ1) is 13.1. The molecule has 1 saturated heterocycles. The van der Waals surface area contributed by atoms with Crippen molar-refractivity contribution in [2.75, 3.05) is 26.7 Å². The average Bonchev–Trinajstić information content (AvgIpc) is 2.68. The standard InChI is InChI=1S/C22H29N3O2.2ClH/c1-16-10-20(22(26)25-9-5-7-18(14-25)12-23-3)11-17(2)21(16)27-15-19-6-4-8-24-13-19;;/h4,6,8,10-11,13,18,23H,5,7,9,12,14-15H2,1-3H3;2*1H. The van der Waals surface area contributed by atoms with Crippen molar-refractivity contribution in [1.82, 2.24) is 15.2 Å². The fourth-order valence-corrected chi connectivity index (χ4v) is 3.83. The SMILES string of the molecule is CNCC1CCCN(C(=O)c2cc(C)c(OCc3cccnc3)c(C)c2)C1.Cl.Cl. The van der Waals surface area contributed by atoms with Crippen LogP contribution in [0.5, 0.6) is 5.75 Å². The van der Waals surface area contributed by atoms with E-state index in [1.807, 2.05) is 50.1 Å². The lowest BCUT2D eigenvalue weighted by atomic mass is 9.96. The Bertz CT molecular complexity index is 762. The quantitative estimate of drug-likeness (QED) is 0.732. The lowest BCUT2D eigenvalue weighted by molar-refractivity contribution is 0.0674. The number of nitrogens with zero attached hydrogens (tertiary/aromatic N) is 2. The topological polar surface area (TPSA) is 54.5 Å². The van der Waals surface area contributed by atoms with Crippen molar-refractivity contribution >= 4 is 30.7 Å². The fourth-order valence-electron chi connectivity index (χ4n) is 3.83. The molecular formula is C22H31Cl2N3O2. The first-order valence-electron chi connectivity index (χ1n) is 9.65. The third-order valence-electron chi connectivity index (χ3n) is 5.11. The molecule has 1 fully saturated rings. The summed E-state index contributed by atoms with van der Waals surface area (Å²) in [5.41, 5.74) is 3.77. The molecule has 1 amide bonds. The van der Waals surface area contributed by atoms with Crippen molar-refractivity contribution in [3.8, 4) is 5.75 Å². The Morgan fingerprint density at radius 2 is 2.00 bits per heavy atom. The number of aromatic nitrogens is 1. The van der Waals surface area contributed by atoms with Gasteiger partial charge in [0, 0.05) is 36.6 Å². The van der Waals surface area contributed by atoms with E-state index in [2.05, 4.69) is 10.3 Å². The van der Waals surface area contributed by atoms with Crippen LogP contribution in [0.25, 0.3) is 0 Å². The zero-order valence-electron chi connectivity index (χ0n) is 17.3. The van der Waals surface area contributed by atoms with Crippen LogP contribution in [0.2, 0.25) is 0 Å². The minimum Gasteiger partial charge on any atom is -0.488 e. The molecule has 2 aromatic rings. The number of amides is 1. The molecule has 0 spiro atoms. The van der Waals surface area contributed by atoms with Gasteiger partial charge in [0.25, 0.3) is 5.91 Å². The summed E-state index contributed by atoms with van der Waals surface area (Å²) >= 11 is 0. The van der Waals surface area contributed by atoms with Crippen LogP contribution in [-0.2, 0) is 6.61 Å². The summed E-state index contributed by atoms with van der Waals surface area (Å²) in [4.78, 5) is 19.1. The smallest absolute Gasteiger partial charge is 0.253 e. The number of piperidine rings is 1. The van der Waals surface area contributed by atoms with Crippen LogP contribution in [0, 0.1) is 19.8 Å². The molecule has 1 unspecified atom stereocenters. The highest BCUT2D eigenvalue weighted by atomic mass is 35.5. The first kappa shape index (κ1) is 25.2. The summed E-state index contributed by atoms with van der Waals surface area (Å²) in [6, 6.07) is 7.80. The van der Waals surface area contributed by atoms with E-state index in [-0.39, 0.29) is 30.7 Å². The van der Waals surface area contributed by atoms with Gasteiger partial charge in [-0.2, -0.15) is 0 Å². The highest BCUT2D eigenvalue weighted by molar-refractivity contribution is 5.95. The number of rotatable bonds is 6. The van der Waals surface area contributed by atoms with Gasteiger partial charge in [0.15, 0.2) is 0 Å². The number of likely N-dealkylation sites (tertiary alicyclic amines) is 1. The Kier molecular flexibility index (Phi) is 10.4. The van der Waals surface area contributed by atoms with Crippen LogP contribution < -0.4 is 10.1 Å². The predicted molar refractivity (Wildman–Crippen MR) is 122 cm³/mol. The van der Waals surface area contributed by atoms with E-state index in [0.29, 0.717) is 12.5 Å². The average molecular weight is 440 g/mol. The molecule has 3 rings (SSSR count). The van der Waals surface area contributed by atoms with Gasteiger partial charge in [0.2, 0.25) is 0 Å². The number of pyridine rings is 1. The molecule has 0 bridgehead atoms. The molecule has 1 aromatic carbocycles. The first-order valence-corrected chi connectivity index (χ1v) is 9.65. The molecule has 1 atom stereocenters. The van der Waals surface area contributed by atoms with Crippen LogP contribution in [0.15, 0.2) is 36.7 Å². The molecule has 2 heterocycles. The summed E-state index contributed by atoms with van der Waals surface area (Å²) in [5.74, 6) is 1.51. The van der Waals surface area contributed by atoms with E-state index in [9.17, 15) is 4.79 Å². The van der Waals surface area contributed by atoms with Gasteiger partial charge >= 0.3 is 0 Å². The van der Waals surface area contributed by atoms with Gasteiger partial charge in [-0.1, -0.05) is 6.07 Å². The molecule has 0 saturated carbocycles. The maximum Gasteiger partial charge on any atom is 0.253 e. The number of carbonyl (C=O) groups excluding carboxylic acids is 1. The minimum absolute atomic E-state index is 0. The highest BCUT2D eigenvalue weighted by Crippen LogP contribution is 2.27. The van der Waals surface area contributed by atoms with Gasteiger partial charge in [0.1, 0.15) is 12.4 Å². The Labute approximate surface area is 186 Å². The summed E-state index contributed by atoms with van der Waals surface area (Å²) in [6.07, 6.45) is 5.81. The number of aryl methyl sites for hydroxylation is 2. The predicted octanol–water partition coefficient (Wildman–Crippen LogP) is 4.19. The van der Waals surface area contributed by atoms with Crippen LogP contribution in [0.4, 0.5) is 0 Å². The number of hydrogen-bond acceptors (Lipinski definition) is 4. The Hall–Kier alpha value is -1.82. The summed E-state index contributed by atoms with van der Waals surface area (Å²) < 4.78 is 6.01. The van der Waals surface area contributed by atoms with Crippen LogP contribution >= 0.6 is 24.8 Å². The Balaban J connectivity index is 0.00000210. The summed E-state index contributed by atoms with van der Waals surface area (Å²) in [7, 11) is 1.97. The minimum atomic E-state index is 0. The fraction of sp³-hybridized carbons (Fsp3) is 0.455. The van der Waals surface area contributed by atoms with E-state index in [1.165, 1.54) is 6.42 Å². The van der Waals surface area contributed by atoms with Crippen LogP contribution in [0.3, 0.4) is 0 Å². The van der Waals surface area contributed by atoms with Gasteiger partial charge in [-0.25, -0.2) is 0 Å². The van der Waals surface area contributed by atoms with Crippen molar-refractivity contribution in [2.45, 2.75) is 33.3 Å². The summed E-state index contributed by atoms with van der Waals surface area (Å²) in [5, 5.41) is 3.23. The maximum atomic E-state index is 13.0. The van der Waals surface area contributed by atoms with Crippen LogP contribution in [0.1, 0.15) is 39.9 Å². The summed E-state index contributed by atoms with van der Waals surface area (Å²) in [6.45, 7) is 7.11. The van der Waals surface area contributed by atoms with Crippen LogP contribution in [-0.4, -0.2) is 42.5 Å². The molecule has 29 heavy (non-hydrogen) atoms. The molecule has 160 valence electrons. The van der Waals surface area contributed by atoms with Crippen molar-refractivity contribution in [3.63, 3.8) is 0 Å². The van der Waals surface area contributed by atoms with E-state index in [0.717, 1.165) is 54.1 Å². The molecule has 0 radical (unpaired) electrons. The highest BCUT2D eigenvalue weighted by Gasteiger charge is 2.24. The maximum absolute atomic E-state index is 13.0. The number of halogens is 2. The number of hydrogen-bond donors (Lipinski definition) is 1. The van der Waals surface area contributed by atoms with Crippen molar-refractivity contribution in [3.05, 3.63) is 58.9 Å². The lowest BCUT2D eigenvalue weighted by Crippen LogP contribution is -2.42. The number of carbonyl (C=O) groups is 1. The Morgan fingerprint density at radius 1 is 1.28 bits per heavy atom. The number of nitrogens with one attached hydrogen (secondary N) is 1. The molecule has 7 heteroatoms. The van der Waals surface area contributed by atoms with E-state index in [4.69, 9.17) is 4.74 Å². The van der Waals surface area contributed by atoms with E-state index in [1.54, 1.807) is 12.4 Å². The zero-order valence-corrected chi connectivity index (χ0v) is 18.9. The largest absolute Gasteiger partial charge is 0.488 e. The van der Waals surface area contributed by atoms with Gasteiger partial charge in [0.05, 0.1) is 0 Å². The zero-order chi connectivity index (χ0) is 19.2. The molecule has 1 aliphatic heterocycles. The second-order valence-electron chi connectivity index (χ2n) is 7.41. The number of ether oxygens (including phenoxy) is 1. The molecule has 5 nitrogen and oxygen atoms in total. The van der Waals surface area contributed by atoms with Gasteiger partial charge < -0.3 is 15.0 Å². The third kappa shape index (κ3) is 6.59. The molecular weight excluding hydrogens is 409 g/mol. The second kappa shape index (κ2) is 12.0. The normalized spacial score (nSPS) is 15.8. The monoisotopic (exact) mass is 439 g/mol. The molecule has 1 aromatic heterocycles. The van der Waals surface area contributed by atoms with Crippen molar-refractivity contribution in [2.24, 2.45) is 5.92 Å².